The molecule has 20 heavy (non-hydrogen) atoms. The van der Waals surface area contributed by atoms with Gasteiger partial charge in [0.2, 0.25) is 0 Å². The smallest absolute Gasteiger partial charge is 0.153 e. The van der Waals surface area contributed by atoms with E-state index in [0.717, 1.165) is 23.9 Å². The van der Waals surface area contributed by atoms with Crippen LogP contribution in [-0.4, -0.2) is 14.7 Å². The van der Waals surface area contributed by atoms with Crippen LogP contribution in [0.2, 0.25) is 5.02 Å². The van der Waals surface area contributed by atoms with Gasteiger partial charge in [-0.2, -0.15) is 0 Å². The molecule has 2 heterocycles. The number of aliphatic hydroxyl groups excluding tert-OH is 1. The molecule has 3 aromatic rings. The average Bonchev–Trinajstić information content (AvgIpc) is 3.02. The lowest BCUT2D eigenvalue weighted by atomic mass is 10.2. The van der Waals surface area contributed by atoms with E-state index < -0.39 is 6.10 Å². The SMILES string of the molecule is OC(c1cc2cccc(Cl)c2o1)c1cncn1C1CC1. The van der Waals surface area contributed by atoms with Crippen LogP contribution in [0.1, 0.15) is 36.4 Å². The van der Waals surface area contributed by atoms with Crippen molar-refractivity contribution in [1.29, 1.82) is 0 Å². The number of imidazole rings is 1. The highest BCUT2D eigenvalue weighted by Crippen LogP contribution is 2.39. The number of fused-ring (bicyclic) bond motifs is 1. The van der Waals surface area contributed by atoms with E-state index in [1.807, 2.05) is 22.8 Å². The molecule has 0 saturated heterocycles. The summed E-state index contributed by atoms with van der Waals surface area (Å²) >= 11 is 6.10. The summed E-state index contributed by atoms with van der Waals surface area (Å²) in [6.07, 6.45) is 4.93. The Balaban J connectivity index is 1.78. The van der Waals surface area contributed by atoms with Gasteiger partial charge in [0, 0.05) is 11.4 Å². The van der Waals surface area contributed by atoms with E-state index in [9.17, 15) is 5.11 Å². The van der Waals surface area contributed by atoms with Gasteiger partial charge in [-0.15, -0.1) is 0 Å². The molecule has 1 fully saturated rings. The molecule has 1 saturated carbocycles. The van der Waals surface area contributed by atoms with Crippen molar-refractivity contribution in [2.75, 3.05) is 0 Å². The maximum atomic E-state index is 10.5. The Hall–Kier alpha value is -1.78. The van der Waals surface area contributed by atoms with Gasteiger partial charge in [0.1, 0.15) is 5.76 Å². The Morgan fingerprint density at radius 3 is 3.00 bits per heavy atom. The first-order valence-corrected chi connectivity index (χ1v) is 6.99. The highest BCUT2D eigenvalue weighted by molar-refractivity contribution is 6.34. The second kappa shape index (κ2) is 4.36. The topological polar surface area (TPSA) is 51.2 Å². The lowest BCUT2D eigenvalue weighted by Crippen LogP contribution is -2.06. The fourth-order valence-corrected chi connectivity index (χ4v) is 2.73. The summed E-state index contributed by atoms with van der Waals surface area (Å²) in [5.74, 6) is 0.496. The van der Waals surface area contributed by atoms with Gasteiger partial charge in [-0.1, -0.05) is 23.7 Å². The van der Waals surface area contributed by atoms with Crippen molar-refractivity contribution in [1.82, 2.24) is 9.55 Å². The third kappa shape index (κ3) is 1.84. The largest absolute Gasteiger partial charge is 0.456 e. The number of hydrogen-bond donors (Lipinski definition) is 1. The summed E-state index contributed by atoms with van der Waals surface area (Å²) in [5, 5.41) is 12.0. The maximum absolute atomic E-state index is 10.5. The van der Waals surface area contributed by atoms with Gasteiger partial charge in [0.05, 0.1) is 23.2 Å². The van der Waals surface area contributed by atoms with Gasteiger partial charge in [0.15, 0.2) is 11.7 Å². The number of rotatable bonds is 3. The summed E-state index contributed by atoms with van der Waals surface area (Å²) in [6.45, 7) is 0. The minimum absolute atomic E-state index is 0.468. The third-order valence-corrected chi connectivity index (χ3v) is 4.00. The molecule has 1 atom stereocenters. The van der Waals surface area contributed by atoms with E-state index in [1.54, 1.807) is 18.6 Å². The van der Waals surface area contributed by atoms with Gasteiger partial charge in [-0.25, -0.2) is 4.98 Å². The zero-order valence-electron chi connectivity index (χ0n) is 10.7. The first-order valence-electron chi connectivity index (χ1n) is 6.62. The molecule has 1 N–H and O–H groups in total. The Morgan fingerprint density at radius 2 is 2.25 bits per heavy atom. The van der Waals surface area contributed by atoms with Crippen molar-refractivity contribution in [3.63, 3.8) is 0 Å². The molecule has 0 amide bonds. The minimum atomic E-state index is -0.818. The Kier molecular flexibility index (Phi) is 2.62. The molecular weight excluding hydrogens is 276 g/mol. The molecule has 0 spiro atoms. The van der Waals surface area contributed by atoms with Crippen LogP contribution in [0, 0.1) is 0 Å². The van der Waals surface area contributed by atoms with Crippen molar-refractivity contribution in [3.05, 3.63) is 53.3 Å². The first kappa shape index (κ1) is 12.0. The quantitative estimate of drug-likeness (QED) is 0.799. The second-order valence-electron chi connectivity index (χ2n) is 5.17. The van der Waals surface area contributed by atoms with Gasteiger partial charge >= 0.3 is 0 Å². The lowest BCUT2D eigenvalue weighted by molar-refractivity contribution is 0.183. The maximum Gasteiger partial charge on any atom is 0.153 e. The molecule has 102 valence electrons. The van der Waals surface area contributed by atoms with Gasteiger partial charge in [0.25, 0.3) is 0 Å². The first-order chi connectivity index (χ1) is 9.74. The summed E-state index contributed by atoms with van der Waals surface area (Å²) < 4.78 is 7.74. The molecular formula is C15H13ClN2O2. The number of furan rings is 1. The number of aliphatic hydroxyl groups is 1. The van der Waals surface area contributed by atoms with Crippen molar-refractivity contribution in [2.45, 2.75) is 25.0 Å². The van der Waals surface area contributed by atoms with Crippen molar-refractivity contribution in [3.8, 4) is 0 Å². The number of halogens is 1. The number of nitrogens with zero attached hydrogens (tertiary/aromatic N) is 2. The molecule has 0 aliphatic heterocycles. The van der Waals surface area contributed by atoms with E-state index in [-0.39, 0.29) is 0 Å². The predicted molar refractivity (Wildman–Crippen MR) is 75.8 cm³/mol. The van der Waals surface area contributed by atoms with Crippen LogP contribution < -0.4 is 0 Å². The second-order valence-corrected chi connectivity index (χ2v) is 5.57. The van der Waals surface area contributed by atoms with Gasteiger partial charge in [-0.3, -0.25) is 0 Å². The lowest BCUT2D eigenvalue weighted by Gasteiger charge is -2.10. The Morgan fingerprint density at radius 1 is 1.40 bits per heavy atom. The predicted octanol–water partition coefficient (Wildman–Crippen LogP) is 3.70. The summed E-state index contributed by atoms with van der Waals surface area (Å²) in [4.78, 5) is 4.14. The molecule has 4 rings (SSSR count). The van der Waals surface area contributed by atoms with E-state index in [1.165, 1.54) is 0 Å². The summed E-state index contributed by atoms with van der Waals surface area (Å²) in [6, 6.07) is 7.85. The third-order valence-electron chi connectivity index (χ3n) is 3.70. The van der Waals surface area contributed by atoms with E-state index in [2.05, 4.69) is 4.98 Å². The zero-order valence-corrected chi connectivity index (χ0v) is 11.4. The number of para-hydroxylation sites is 1. The number of hydrogen-bond acceptors (Lipinski definition) is 3. The Bertz CT molecular complexity index is 773. The Labute approximate surface area is 120 Å². The van der Waals surface area contributed by atoms with Crippen LogP contribution in [-0.2, 0) is 0 Å². The number of benzene rings is 1. The number of aromatic nitrogens is 2. The molecule has 0 radical (unpaired) electrons. The molecule has 1 unspecified atom stereocenters. The van der Waals surface area contributed by atoms with E-state index in [4.69, 9.17) is 16.0 Å². The molecule has 0 bridgehead atoms. The molecule has 4 nitrogen and oxygen atoms in total. The summed E-state index contributed by atoms with van der Waals surface area (Å²) in [5.41, 5.74) is 1.38. The fraction of sp³-hybridized carbons (Fsp3) is 0.267. The minimum Gasteiger partial charge on any atom is -0.456 e. The molecule has 1 aliphatic rings. The van der Waals surface area contributed by atoms with E-state index >= 15 is 0 Å². The average molecular weight is 289 g/mol. The molecule has 1 aliphatic carbocycles. The monoisotopic (exact) mass is 288 g/mol. The van der Waals surface area contributed by atoms with Gasteiger partial charge < -0.3 is 14.1 Å². The van der Waals surface area contributed by atoms with Crippen LogP contribution in [0.3, 0.4) is 0 Å². The highest BCUT2D eigenvalue weighted by Gasteiger charge is 2.29. The van der Waals surface area contributed by atoms with E-state index in [0.29, 0.717) is 22.4 Å². The molecule has 5 heteroatoms. The molecule has 1 aromatic carbocycles. The van der Waals surface area contributed by atoms with Crippen molar-refractivity contribution >= 4 is 22.6 Å². The van der Waals surface area contributed by atoms with Crippen LogP contribution in [0.5, 0.6) is 0 Å². The van der Waals surface area contributed by atoms with Crippen LogP contribution >= 0.6 is 11.6 Å². The van der Waals surface area contributed by atoms with Crippen LogP contribution in [0.25, 0.3) is 11.0 Å². The standard InChI is InChI=1S/C15H13ClN2O2/c16-11-3-1-2-9-6-13(20-15(9)11)14(19)12-7-17-8-18(12)10-4-5-10/h1-3,6-8,10,14,19H,4-5H2. The van der Waals surface area contributed by atoms with Crippen LogP contribution in [0.15, 0.2) is 41.2 Å². The normalized spacial score (nSPS) is 16.7. The summed E-state index contributed by atoms with van der Waals surface area (Å²) in [7, 11) is 0. The van der Waals surface area contributed by atoms with Crippen LogP contribution in [0.4, 0.5) is 0 Å². The van der Waals surface area contributed by atoms with Crippen molar-refractivity contribution < 1.29 is 9.52 Å². The fourth-order valence-electron chi connectivity index (χ4n) is 2.51. The molecule has 2 aromatic heterocycles. The van der Waals surface area contributed by atoms with Gasteiger partial charge in [-0.05, 0) is 25.0 Å². The zero-order chi connectivity index (χ0) is 13.7. The van der Waals surface area contributed by atoms with Crippen molar-refractivity contribution in [2.24, 2.45) is 0 Å². The highest BCUT2D eigenvalue weighted by atomic mass is 35.5.